The molecule has 0 bridgehead atoms. The van der Waals surface area contributed by atoms with E-state index in [1.165, 1.54) is 4.80 Å². The normalized spacial score (nSPS) is 15.6. The van der Waals surface area contributed by atoms with E-state index in [0.29, 0.717) is 19.0 Å². The van der Waals surface area contributed by atoms with Crippen molar-refractivity contribution in [1.29, 1.82) is 0 Å². The summed E-state index contributed by atoms with van der Waals surface area (Å²) in [5.74, 6) is 0.362. The molecular weight excluding hydrogens is 318 g/mol. The molecule has 4 rings (SSSR count). The van der Waals surface area contributed by atoms with E-state index in [1.54, 1.807) is 12.3 Å². The third kappa shape index (κ3) is 3.31. The molecule has 128 valence electrons. The molecule has 1 aliphatic rings. The Morgan fingerprint density at radius 2 is 1.80 bits per heavy atom. The fraction of sp³-hybridized carbons (Fsp3) is 0.333. The largest absolute Gasteiger partial charge is 0.341 e. The molecule has 7 nitrogen and oxygen atoms in total. The Balaban J connectivity index is 1.38. The summed E-state index contributed by atoms with van der Waals surface area (Å²) in [5, 5.41) is 8.68. The van der Waals surface area contributed by atoms with Gasteiger partial charge in [0.25, 0.3) is 0 Å². The van der Waals surface area contributed by atoms with Gasteiger partial charge in [0, 0.05) is 25.4 Å². The fourth-order valence-electron chi connectivity index (χ4n) is 3.37. The fourth-order valence-corrected chi connectivity index (χ4v) is 3.37. The average Bonchev–Trinajstić information content (AvgIpc) is 3.04. The number of rotatable bonds is 3. The Bertz CT molecular complexity index is 920. The number of amides is 1. The second kappa shape index (κ2) is 6.51. The summed E-state index contributed by atoms with van der Waals surface area (Å²) < 4.78 is 0. The first kappa shape index (κ1) is 15.6. The van der Waals surface area contributed by atoms with Crippen LogP contribution < -0.4 is 5.56 Å². The standard InChI is InChI=1S/C18H19N5O2/c24-17-11-14(5-8-19-17)13-6-9-22(10-7-13)18(25)12-23-20-15-3-1-2-4-16(15)21-23/h1-5,8,11,13H,6-7,9-10,12H2,(H,19,24). The summed E-state index contributed by atoms with van der Waals surface area (Å²) in [4.78, 5) is 29.9. The molecule has 0 radical (unpaired) electrons. The second-order valence-electron chi connectivity index (χ2n) is 6.36. The summed E-state index contributed by atoms with van der Waals surface area (Å²) >= 11 is 0. The van der Waals surface area contributed by atoms with Gasteiger partial charge in [0.15, 0.2) is 0 Å². The van der Waals surface area contributed by atoms with Crippen molar-refractivity contribution in [3.8, 4) is 0 Å². The predicted octanol–water partition coefficient (Wildman–Crippen LogP) is 1.53. The van der Waals surface area contributed by atoms with Gasteiger partial charge in [0.05, 0.1) is 0 Å². The van der Waals surface area contributed by atoms with E-state index in [4.69, 9.17) is 0 Å². The van der Waals surface area contributed by atoms with E-state index in [0.717, 1.165) is 29.4 Å². The van der Waals surface area contributed by atoms with E-state index in [1.807, 2.05) is 35.2 Å². The van der Waals surface area contributed by atoms with Gasteiger partial charge in [-0.3, -0.25) is 9.59 Å². The first-order chi connectivity index (χ1) is 12.2. The van der Waals surface area contributed by atoms with Crippen molar-refractivity contribution < 1.29 is 4.79 Å². The monoisotopic (exact) mass is 337 g/mol. The molecule has 7 heteroatoms. The van der Waals surface area contributed by atoms with Crippen LogP contribution in [-0.4, -0.2) is 43.9 Å². The van der Waals surface area contributed by atoms with Crippen LogP contribution in [0.3, 0.4) is 0 Å². The molecule has 1 fully saturated rings. The zero-order chi connectivity index (χ0) is 17.2. The number of hydrogen-bond acceptors (Lipinski definition) is 4. The van der Waals surface area contributed by atoms with Gasteiger partial charge in [-0.2, -0.15) is 15.0 Å². The summed E-state index contributed by atoms with van der Waals surface area (Å²) in [6.45, 7) is 1.54. The number of carbonyl (C=O) groups is 1. The first-order valence-electron chi connectivity index (χ1n) is 8.45. The van der Waals surface area contributed by atoms with E-state index >= 15 is 0 Å². The molecule has 0 saturated carbocycles. The zero-order valence-corrected chi connectivity index (χ0v) is 13.8. The molecule has 1 saturated heterocycles. The van der Waals surface area contributed by atoms with Crippen molar-refractivity contribution in [2.75, 3.05) is 13.1 Å². The first-order valence-corrected chi connectivity index (χ1v) is 8.45. The smallest absolute Gasteiger partial charge is 0.248 e. The van der Waals surface area contributed by atoms with Crippen LogP contribution in [0, 0.1) is 0 Å². The Hall–Kier alpha value is -2.96. The number of pyridine rings is 1. The van der Waals surface area contributed by atoms with Gasteiger partial charge in [0.2, 0.25) is 11.5 Å². The van der Waals surface area contributed by atoms with Gasteiger partial charge in [-0.05, 0) is 42.5 Å². The lowest BCUT2D eigenvalue weighted by atomic mass is 9.90. The van der Waals surface area contributed by atoms with E-state index in [2.05, 4.69) is 15.2 Å². The Morgan fingerprint density at radius 1 is 1.12 bits per heavy atom. The number of hydrogen-bond donors (Lipinski definition) is 1. The lowest BCUT2D eigenvalue weighted by Gasteiger charge is -2.32. The minimum atomic E-state index is -0.0761. The van der Waals surface area contributed by atoms with Crippen molar-refractivity contribution in [2.45, 2.75) is 25.3 Å². The van der Waals surface area contributed by atoms with Crippen molar-refractivity contribution in [2.24, 2.45) is 0 Å². The molecule has 25 heavy (non-hydrogen) atoms. The van der Waals surface area contributed by atoms with Gasteiger partial charge in [0.1, 0.15) is 17.6 Å². The number of fused-ring (bicyclic) bond motifs is 1. The molecule has 2 aromatic heterocycles. The molecule has 0 spiro atoms. The van der Waals surface area contributed by atoms with Crippen molar-refractivity contribution >= 4 is 16.9 Å². The number of nitrogens with one attached hydrogen (secondary N) is 1. The topological polar surface area (TPSA) is 83.9 Å². The number of likely N-dealkylation sites (tertiary alicyclic amines) is 1. The van der Waals surface area contributed by atoms with E-state index in [-0.39, 0.29) is 18.0 Å². The highest BCUT2D eigenvalue weighted by atomic mass is 16.2. The molecular formula is C18H19N5O2. The van der Waals surface area contributed by atoms with E-state index in [9.17, 15) is 9.59 Å². The van der Waals surface area contributed by atoms with Crippen LogP contribution >= 0.6 is 0 Å². The maximum atomic E-state index is 12.5. The number of carbonyl (C=O) groups excluding carboxylic acids is 1. The van der Waals surface area contributed by atoms with Gasteiger partial charge in [-0.15, -0.1) is 0 Å². The van der Waals surface area contributed by atoms with Crippen LogP contribution in [0.1, 0.15) is 24.3 Å². The molecule has 1 amide bonds. The molecule has 1 N–H and O–H groups in total. The summed E-state index contributed by atoms with van der Waals surface area (Å²) in [6.07, 6.45) is 3.41. The molecule has 0 aliphatic carbocycles. The average molecular weight is 337 g/mol. The summed E-state index contributed by atoms with van der Waals surface area (Å²) in [7, 11) is 0. The number of aromatic nitrogens is 4. The summed E-state index contributed by atoms with van der Waals surface area (Å²) in [6, 6.07) is 11.2. The predicted molar refractivity (Wildman–Crippen MR) is 93.1 cm³/mol. The molecule has 3 aromatic rings. The number of piperidine rings is 1. The SMILES string of the molecule is O=C(Cn1nc2ccccc2n1)N1CCC(c2cc[nH]c(=O)c2)CC1. The number of nitrogens with zero attached hydrogens (tertiary/aromatic N) is 4. The molecule has 1 aliphatic heterocycles. The maximum absolute atomic E-state index is 12.5. The third-order valence-corrected chi connectivity index (χ3v) is 4.72. The maximum Gasteiger partial charge on any atom is 0.248 e. The molecule has 1 aromatic carbocycles. The van der Waals surface area contributed by atoms with Gasteiger partial charge < -0.3 is 9.88 Å². The van der Waals surface area contributed by atoms with Crippen LogP contribution in [0.4, 0.5) is 0 Å². The van der Waals surface area contributed by atoms with Gasteiger partial charge in [-0.25, -0.2) is 0 Å². The van der Waals surface area contributed by atoms with Crippen molar-refractivity contribution in [3.63, 3.8) is 0 Å². The second-order valence-corrected chi connectivity index (χ2v) is 6.36. The lowest BCUT2D eigenvalue weighted by molar-refractivity contribution is -0.133. The minimum absolute atomic E-state index is 0.0321. The lowest BCUT2D eigenvalue weighted by Crippen LogP contribution is -2.40. The highest BCUT2D eigenvalue weighted by Gasteiger charge is 2.24. The number of benzene rings is 1. The van der Waals surface area contributed by atoms with Gasteiger partial charge in [-0.1, -0.05) is 12.1 Å². The Labute approximate surface area is 144 Å². The number of H-pyrrole nitrogens is 1. The van der Waals surface area contributed by atoms with Crippen LogP contribution in [-0.2, 0) is 11.3 Å². The molecule has 0 unspecified atom stereocenters. The Kier molecular flexibility index (Phi) is 4.05. The van der Waals surface area contributed by atoms with Crippen LogP contribution in [0.15, 0.2) is 47.4 Å². The minimum Gasteiger partial charge on any atom is -0.341 e. The Morgan fingerprint density at radius 3 is 2.44 bits per heavy atom. The highest BCUT2D eigenvalue weighted by molar-refractivity contribution is 5.77. The van der Waals surface area contributed by atoms with E-state index < -0.39 is 0 Å². The summed E-state index contributed by atoms with van der Waals surface area (Å²) in [5.41, 5.74) is 2.57. The quantitative estimate of drug-likeness (QED) is 0.785. The van der Waals surface area contributed by atoms with Gasteiger partial charge >= 0.3 is 0 Å². The van der Waals surface area contributed by atoms with Crippen LogP contribution in [0.2, 0.25) is 0 Å². The van der Waals surface area contributed by atoms with Crippen LogP contribution in [0.25, 0.3) is 11.0 Å². The molecule has 3 heterocycles. The van der Waals surface area contributed by atoms with Crippen molar-refractivity contribution in [1.82, 2.24) is 24.9 Å². The van der Waals surface area contributed by atoms with Crippen molar-refractivity contribution in [3.05, 3.63) is 58.5 Å². The van der Waals surface area contributed by atoms with Crippen LogP contribution in [0.5, 0.6) is 0 Å². The highest BCUT2D eigenvalue weighted by Crippen LogP contribution is 2.27. The zero-order valence-electron chi connectivity index (χ0n) is 13.8. The third-order valence-electron chi connectivity index (χ3n) is 4.72. The number of aromatic amines is 1. The molecule has 0 atom stereocenters.